The zero-order chi connectivity index (χ0) is 10.9. The normalized spacial score (nSPS) is 8.87. The first-order valence-electron chi connectivity index (χ1n) is 4.79. The van der Waals surface area contributed by atoms with Crippen molar-refractivity contribution in [1.82, 2.24) is 15.0 Å². The summed E-state index contributed by atoms with van der Waals surface area (Å²) in [5.41, 5.74) is 1.22. The highest BCUT2D eigenvalue weighted by Gasteiger charge is 1.85. The summed E-state index contributed by atoms with van der Waals surface area (Å²) in [5.74, 6) is 0.826. The van der Waals surface area contributed by atoms with Gasteiger partial charge in [-0.3, -0.25) is 0 Å². The topological polar surface area (TPSA) is 41.6 Å². The van der Waals surface area contributed by atoms with Gasteiger partial charge >= 0.3 is 0 Å². The van der Waals surface area contributed by atoms with Crippen LogP contribution in [0.25, 0.3) is 0 Å². The molecule has 0 saturated heterocycles. The molecule has 3 nitrogen and oxygen atoms in total. The van der Waals surface area contributed by atoms with Crippen LogP contribution in [0, 0.1) is 6.92 Å². The Kier molecular flexibility index (Phi) is 4.87. The highest BCUT2D eigenvalue weighted by Crippen LogP contribution is 1.87. The van der Waals surface area contributed by atoms with Gasteiger partial charge in [0.25, 0.3) is 0 Å². The Morgan fingerprint density at radius 1 is 1.33 bits per heavy atom. The number of hydrogen-bond acceptors (Lipinski definition) is 2. The fraction of sp³-hybridized carbons (Fsp3) is 0.167. The molecule has 2 aromatic rings. The zero-order valence-corrected chi connectivity index (χ0v) is 8.85. The number of nitrogens with zero attached hydrogens (tertiary/aromatic N) is 2. The molecule has 78 valence electrons. The third-order valence-electron chi connectivity index (χ3n) is 1.70. The monoisotopic (exact) mass is 201 g/mol. The molecule has 2 heterocycles. The SMILES string of the molecule is C=CCc1ncccn1.Cc1ccc[nH]1. The highest BCUT2D eigenvalue weighted by molar-refractivity contribution is 4.99. The summed E-state index contributed by atoms with van der Waals surface area (Å²) in [7, 11) is 0. The van der Waals surface area contributed by atoms with Gasteiger partial charge in [-0.2, -0.15) is 0 Å². The first-order valence-corrected chi connectivity index (χ1v) is 4.79. The Balaban J connectivity index is 0.000000162. The molecule has 0 aliphatic rings. The second-order valence-corrected chi connectivity index (χ2v) is 3.01. The molecule has 0 unspecified atom stereocenters. The first-order chi connectivity index (χ1) is 7.33. The van der Waals surface area contributed by atoms with Crippen LogP contribution in [0.15, 0.2) is 49.4 Å². The Labute approximate surface area is 89.9 Å². The number of H-pyrrole nitrogens is 1. The van der Waals surface area contributed by atoms with E-state index in [0.29, 0.717) is 0 Å². The number of hydrogen-bond donors (Lipinski definition) is 1. The van der Waals surface area contributed by atoms with Crippen molar-refractivity contribution in [2.24, 2.45) is 0 Å². The van der Waals surface area contributed by atoms with Gasteiger partial charge in [-0.15, -0.1) is 6.58 Å². The number of aromatic nitrogens is 3. The Hall–Kier alpha value is -1.90. The summed E-state index contributed by atoms with van der Waals surface area (Å²) < 4.78 is 0. The van der Waals surface area contributed by atoms with Gasteiger partial charge in [0.2, 0.25) is 0 Å². The summed E-state index contributed by atoms with van der Waals surface area (Å²) in [4.78, 5) is 11.0. The molecule has 0 fully saturated rings. The van der Waals surface area contributed by atoms with Gasteiger partial charge in [0.05, 0.1) is 0 Å². The summed E-state index contributed by atoms with van der Waals surface area (Å²) in [6, 6.07) is 5.81. The zero-order valence-electron chi connectivity index (χ0n) is 8.85. The van der Waals surface area contributed by atoms with E-state index in [2.05, 4.69) is 21.5 Å². The van der Waals surface area contributed by atoms with Gasteiger partial charge in [-0.05, 0) is 25.1 Å². The quantitative estimate of drug-likeness (QED) is 0.758. The Bertz CT molecular complexity index is 365. The molecule has 1 N–H and O–H groups in total. The maximum Gasteiger partial charge on any atom is 0.131 e. The van der Waals surface area contributed by atoms with Crippen LogP contribution in [-0.2, 0) is 6.42 Å². The molecule has 15 heavy (non-hydrogen) atoms. The first kappa shape index (κ1) is 11.2. The predicted molar refractivity (Wildman–Crippen MR) is 61.5 cm³/mol. The van der Waals surface area contributed by atoms with E-state index < -0.39 is 0 Å². The van der Waals surface area contributed by atoms with Crippen molar-refractivity contribution in [3.8, 4) is 0 Å². The number of aryl methyl sites for hydroxylation is 1. The van der Waals surface area contributed by atoms with Gasteiger partial charge in [-0.1, -0.05) is 6.08 Å². The summed E-state index contributed by atoms with van der Waals surface area (Å²) in [6.07, 6.45) is 7.91. The van der Waals surface area contributed by atoms with E-state index in [1.165, 1.54) is 5.69 Å². The van der Waals surface area contributed by atoms with Gasteiger partial charge in [0, 0.05) is 30.7 Å². The average molecular weight is 201 g/mol. The fourth-order valence-electron chi connectivity index (χ4n) is 0.985. The highest BCUT2D eigenvalue weighted by atomic mass is 14.8. The van der Waals surface area contributed by atoms with Crippen molar-refractivity contribution in [3.05, 3.63) is 61.0 Å². The summed E-state index contributed by atoms with van der Waals surface area (Å²) >= 11 is 0. The minimum Gasteiger partial charge on any atom is -0.365 e. The van der Waals surface area contributed by atoms with E-state index in [-0.39, 0.29) is 0 Å². The average Bonchev–Trinajstić information content (AvgIpc) is 2.72. The maximum atomic E-state index is 3.99. The molecule has 0 aromatic carbocycles. The van der Waals surface area contributed by atoms with Gasteiger partial charge in [0.1, 0.15) is 5.82 Å². The van der Waals surface area contributed by atoms with E-state index in [0.717, 1.165) is 12.2 Å². The van der Waals surface area contributed by atoms with Crippen molar-refractivity contribution >= 4 is 0 Å². The molecule has 0 amide bonds. The number of aromatic amines is 1. The molecule has 2 aromatic heterocycles. The van der Waals surface area contributed by atoms with E-state index in [1.807, 2.05) is 25.3 Å². The minimum atomic E-state index is 0.751. The Morgan fingerprint density at radius 2 is 2.07 bits per heavy atom. The van der Waals surface area contributed by atoms with Crippen LogP contribution >= 0.6 is 0 Å². The van der Waals surface area contributed by atoms with Crippen molar-refractivity contribution < 1.29 is 0 Å². The molecule has 0 aliphatic heterocycles. The van der Waals surface area contributed by atoms with Crippen molar-refractivity contribution in [1.29, 1.82) is 0 Å². The van der Waals surface area contributed by atoms with E-state index in [4.69, 9.17) is 0 Å². The van der Waals surface area contributed by atoms with Crippen molar-refractivity contribution in [2.45, 2.75) is 13.3 Å². The number of rotatable bonds is 2. The molecular formula is C12H15N3. The molecule has 3 heteroatoms. The second kappa shape index (κ2) is 6.54. The largest absolute Gasteiger partial charge is 0.365 e. The van der Waals surface area contributed by atoms with Gasteiger partial charge < -0.3 is 4.98 Å². The lowest BCUT2D eigenvalue weighted by Gasteiger charge is -1.89. The second-order valence-electron chi connectivity index (χ2n) is 3.01. The van der Waals surface area contributed by atoms with Crippen LogP contribution in [0.5, 0.6) is 0 Å². The molecular weight excluding hydrogens is 186 g/mol. The number of allylic oxidation sites excluding steroid dienone is 1. The van der Waals surface area contributed by atoms with Crippen LogP contribution in [0.3, 0.4) is 0 Å². The van der Waals surface area contributed by atoms with Crippen LogP contribution in [-0.4, -0.2) is 15.0 Å². The minimum absolute atomic E-state index is 0.751. The molecule has 0 atom stereocenters. The smallest absolute Gasteiger partial charge is 0.131 e. The molecule has 0 spiro atoms. The third-order valence-corrected chi connectivity index (χ3v) is 1.70. The van der Waals surface area contributed by atoms with Crippen LogP contribution < -0.4 is 0 Å². The standard InChI is InChI=1S/C7H8N2.C5H7N/c1-2-4-7-8-5-3-6-9-7;1-5-3-2-4-6-5/h2-3,5-6H,1,4H2;2-4,6H,1H3. The lowest BCUT2D eigenvalue weighted by molar-refractivity contribution is 0.990. The maximum absolute atomic E-state index is 3.99. The predicted octanol–water partition coefficient (Wildman–Crippen LogP) is 2.53. The van der Waals surface area contributed by atoms with Gasteiger partial charge in [-0.25, -0.2) is 9.97 Å². The van der Waals surface area contributed by atoms with Crippen LogP contribution in [0.2, 0.25) is 0 Å². The third kappa shape index (κ3) is 4.76. The lowest BCUT2D eigenvalue weighted by Crippen LogP contribution is -1.88. The molecule has 0 bridgehead atoms. The lowest BCUT2D eigenvalue weighted by atomic mass is 10.4. The summed E-state index contributed by atoms with van der Waals surface area (Å²) in [6.45, 7) is 5.60. The van der Waals surface area contributed by atoms with E-state index >= 15 is 0 Å². The fourth-order valence-corrected chi connectivity index (χ4v) is 0.985. The van der Waals surface area contributed by atoms with Crippen molar-refractivity contribution in [3.63, 3.8) is 0 Å². The Morgan fingerprint density at radius 3 is 2.47 bits per heavy atom. The number of nitrogens with one attached hydrogen (secondary N) is 1. The molecule has 0 saturated carbocycles. The van der Waals surface area contributed by atoms with Crippen molar-refractivity contribution in [2.75, 3.05) is 0 Å². The van der Waals surface area contributed by atoms with E-state index in [9.17, 15) is 0 Å². The van der Waals surface area contributed by atoms with E-state index in [1.54, 1.807) is 24.5 Å². The molecule has 0 aliphatic carbocycles. The van der Waals surface area contributed by atoms with Crippen LogP contribution in [0.1, 0.15) is 11.5 Å². The summed E-state index contributed by atoms with van der Waals surface area (Å²) in [5, 5.41) is 0. The molecule has 2 rings (SSSR count). The molecule has 0 radical (unpaired) electrons. The van der Waals surface area contributed by atoms with Crippen LogP contribution in [0.4, 0.5) is 0 Å². The van der Waals surface area contributed by atoms with Gasteiger partial charge in [0.15, 0.2) is 0 Å².